The van der Waals surface area contributed by atoms with Gasteiger partial charge in [-0.25, -0.2) is 0 Å². The Morgan fingerprint density at radius 3 is 2.21 bits per heavy atom. The van der Waals surface area contributed by atoms with E-state index in [4.69, 9.17) is 4.43 Å². The monoisotopic (exact) mass is 216 g/mol. The van der Waals surface area contributed by atoms with Gasteiger partial charge in [-0.3, -0.25) is 0 Å². The molecule has 0 saturated heterocycles. The second-order valence-electron chi connectivity index (χ2n) is 4.67. The SMILES string of the molecule is C/C=C(\O[Si](C)(C)C)[C@@H](C)[C@@H](O)CC. The van der Waals surface area contributed by atoms with Gasteiger partial charge in [-0.15, -0.1) is 0 Å². The van der Waals surface area contributed by atoms with E-state index in [0.29, 0.717) is 0 Å². The topological polar surface area (TPSA) is 29.5 Å². The fraction of sp³-hybridized carbons (Fsp3) is 0.818. The van der Waals surface area contributed by atoms with E-state index in [9.17, 15) is 5.11 Å². The molecule has 0 unspecified atom stereocenters. The minimum absolute atomic E-state index is 0.108. The highest BCUT2D eigenvalue weighted by Gasteiger charge is 2.23. The first-order valence-electron chi connectivity index (χ1n) is 5.35. The van der Waals surface area contributed by atoms with Crippen LogP contribution >= 0.6 is 0 Å². The molecule has 0 aromatic carbocycles. The fourth-order valence-corrected chi connectivity index (χ4v) is 2.32. The second-order valence-corrected chi connectivity index (χ2v) is 9.10. The van der Waals surface area contributed by atoms with Gasteiger partial charge in [0.1, 0.15) is 0 Å². The van der Waals surface area contributed by atoms with Crippen molar-refractivity contribution in [3.8, 4) is 0 Å². The van der Waals surface area contributed by atoms with E-state index in [1.165, 1.54) is 0 Å². The van der Waals surface area contributed by atoms with Gasteiger partial charge in [0.15, 0.2) is 0 Å². The summed E-state index contributed by atoms with van der Waals surface area (Å²) in [6.07, 6.45) is 2.45. The zero-order valence-electron chi connectivity index (χ0n) is 10.3. The smallest absolute Gasteiger partial charge is 0.241 e. The third-order valence-electron chi connectivity index (χ3n) is 2.15. The van der Waals surface area contributed by atoms with Crippen molar-refractivity contribution in [3.05, 3.63) is 11.8 Å². The summed E-state index contributed by atoms with van der Waals surface area (Å²) < 4.78 is 5.91. The summed E-state index contributed by atoms with van der Waals surface area (Å²) in [5.74, 6) is 1.05. The number of allylic oxidation sites excluding steroid dienone is 1. The average molecular weight is 216 g/mol. The summed E-state index contributed by atoms with van der Waals surface area (Å²) in [5, 5.41) is 9.72. The van der Waals surface area contributed by atoms with Crippen LogP contribution in [0.4, 0.5) is 0 Å². The van der Waals surface area contributed by atoms with E-state index < -0.39 is 8.32 Å². The molecule has 2 nitrogen and oxygen atoms in total. The molecule has 0 heterocycles. The minimum Gasteiger partial charge on any atom is -0.547 e. The molecule has 0 aliphatic heterocycles. The summed E-state index contributed by atoms with van der Waals surface area (Å²) in [6, 6.07) is 0. The van der Waals surface area contributed by atoms with Gasteiger partial charge in [0.2, 0.25) is 8.32 Å². The maximum atomic E-state index is 9.72. The number of hydrogen-bond acceptors (Lipinski definition) is 2. The summed E-state index contributed by atoms with van der Waals surface area (Å²) in [5.41, 5.74) is 0. The van der Waals surface area contributed by atoms with Crippen molar-refractivity contribution >= 4 is 8.32 Å². The summed E-state index contributed by atoms with van der Waals surface area (Å²) in [6.45, 7) is 12.4. The van der Waals surface area contributed by atoms with Gasteiger partial charge >= 0.3 is 0 Å². The Morgan fingerprint density at radius 1 is 1.43 bits per heavy atom. The zero-order valence-corrected chi connectivity index (χ0v) is 11.3. The Balaban J connectivity index is 4.44. The molecule has 0 radical (unpaired) electrons. The first-order valence-corrected chi connectivity index (χ1v) is 8.76. The third-order valence-corrected chi connectivity index (χ3v) is 3.00. The van der Waals surface area contributed by atoms with Gasteiger partial charge in [-0.2, -0.15) is 0 Å². The largest absolute Gasteiger partial charge is 0.547 e. The van der Waals surface area contributed by atoms with Crippen molar-refractivity contribution < 1.29 is 9.53 Å². The van der Waals surface area contributed by atoms with Crippen LogP contribution in [-0.4, -0.2) is 19.5 Å². The second kappa shape index (κ2) is 5.56. The number of aliphatic hydroxyl groups is 1. The van der Waals surface area contributed by atoms with E-state index in [-0.39, 0.29) is 12.0 Å². The van der Waals surface area contributed by atoms with Crippen LogP contribution < -0.4 is 0 Å². The van der Waals surface area contributed by atoms with Gasteiger partial charge in [0, 0.05) is 5.92 Å². The lowest BCUT2D eigenvalue weighted by atomic mass is 10.0. The molecule has 0 fully saturated rings. The van der Waals surface area contributed by atoms with Gasteiger partial charge in [-0.05, 0) is 33.0 Å². The molecule has 0 aromatic rings. The molecular formula is C11H24O2Si. The lowest BCUT2D eigenvalue weighted by Gasteiger charge is -2.27. The van der Waals surface area contributed by atoms with Gasteiger partial charge in [0.25, 0.3) is 0 Å². The third kappa shape index (κ3) is 4.82. The first-order chi connectivity index (χ1) is 6.31. The molecule has 84 valence electrons. The zero-order chi connectivity index (χ0) is 11.4. The highest BCUT2D eigenvalue weighted by Crippen LogP contribution is 2.22. The number of aliphatic hydroxyl groups excluding tert-OH is 1. The van der Waals surface area contributed by atoms with Crippen LogP contribution in [0.5, 0.6) is 0 Å². The van der Waals surface area contributed by atoms with Crippen molar-refractivity contribution in [2.75, 3.05) is 0 Å². The summed E-state index contributed by atoms with van der Waals surface area (Å²) in [4.78, 5) is 0. The lowest BCUT2D eigenvalue weighted by Crippen LogP contribution is -2.30. The van der Waals surface area contributed by atoms with Gasteiger partial charge in [-0.1, -0.05) is 19.9 Å². The van der Waals surface area contributed by atoms with E-state index in [1.54, 1.807) is 0 Å². The Bertz CT molecular complexity index is 194. The van der Waals surface area contributed by atoms with Crippen LogP contribution in [0.2, 0.25) is 19.6 Å². The maximum absolute atomic E-state index is 9.72. The van der Waals surface area contributed by atoms with Crippen LogP contribution in [0.1, 0.15) is 27.2 Å². The van der Waals surface area contributed by atoms with E-state index in [0.717, 1.165) is 12.2 Å². The predicted octanol–water partition coefficient (Wildman–Crippen LogP) is 3.15. The Kier molecular flexibility index (Phi) is 5.45. The molecular weight excluding hydrogens is 192 g/mol. The normalized spacial score (nSPS) is 17.8. The van der Waals surface area contributed by atoms with Gasteiger partial charge in [0.05, 0.1) is 11.9 Å². The van der Waals surface area contributed by atoms with Crippen LogP contribution in [0.15, 0.2) is 11.8 Å². The molecule has 0 aromatic heterocycles. The van der Waals surface area contributed by atoms with Crippen LogP contribution in [0.25, 0.3) is 0 Å². The average Bonchev–Trinajstić information content (AvgIpc) is 2.10. The minimum atomic E-state index is -1.54. The molecule has 0 aliphatic rings. The lowest BCUT2D eigenvalue weighted by molar-refractivity contribution is 0.109. The van der Waals surface area contributed by atoms with Crippen molar-refractivity contribution in [1.82, 2.24) is 0 Å². The molecule has 0 bridgehead atoms. The van der Waals surface area contributed by atoms with E-state index in [1.807, 2.05) is 26.8 Å². The Morgan fingerprint density at radius 2 is 1.93 bits per heavy atom. The van der Waals surface area contributed by atoms with E-state index in [2.05, 4.69) is 19.6 Å². The van der Waals surface area contributed by atoms with E-state index >= 15 is 0 Å². The predicted molar refractivity (Wildman–Crippen MR) is 63.6 cm³/mol. The number of rotatable bonds is 5. The molecule has 0 amide bonds. The molecule has 14 heavy (non-hydrogen) atoms. The highest BCUT2D eigenvalue weighted by molar-refractivity contribution is 6.70. The van der Waals surface area contributed by atoms with Crippen LogP contribution in [-0.2, 0) is 4.43 Å². The molecule has 3 heteroatoms. The Hall–Kier alpha value is -0.283. The van der Waals surface area contributed by atoms with Crippen molar-refractivity contribution in [3.63, 3.8) is 0 Å². The maximum Gasteiger partial charge on any atom is 0.241 e. The quantitative estimate of drug-likeness (QED) is 0.565. The molecule has 0 saturated carbocycles. The molecule has 0 aliphatic carbocycles. The first kappa shape index (κ1) is 13.7. The number of hydrogen-bond donors (Lipinski definition) is 1. The van der Waals surface area contributed by atoms with Crippen molar-refractivity contribution in [1.29, 1.82) is 0 Å². The van der Waals surface area contributed by atoms with Crippen molar-refractivity contribution in [2.24, 2.45) is 5.92 Å². The molecule has 0 rings (SSSR count). The highest BCUT2D eigenvalue weighted by atomic mass is 28.4. The van der Waals surface area contributed by atoms with Crippen LogP contribution in [0, 0.1) is 5.92 Å². The van der Waals surface area contributed by atoms with Crippen molar-refractivity contribution in [2.45, 2.75) is 52.9 Å². The van der Waals surface area contributed by atoms with Gasteiger partial charge < -0.3 is 9.53 Å². The summed E-state index contributed by atoms with van der Waals surface area (Å²) in [7, 11) is -1.54. The standard InChI is InChI=1S/C11H24O2Si/c1-7-10(12)9(3)11(8-2)13-14(4,5)6/h8-10,12H,7H2,1-6H3/b11-8-/t9-,10-/m0/s1. The molecule has 1 N–H and O–H groups in total. The Labute approximate surface area is 89.1 Å². The van der Waals surface area contributed by atoms with Crippen LogP contribution in [0.3, 0.4) is 0 Å². The molecule has 2 atom stereocenters. The summed E-state index contributed by atoms with van der Waals surface area (Å²) >= 11 is 0. The molecule has 0 spiro atoms. The fourth-order valence-electron chi connectivity index (χ4n) is 1.31.